The highest BCUT2D eigenvalue weighted by Gasteiger charge is 2.27. The van der Waals surface area contributed by atoms with Gasteiger partial charge in [-0.2, -0.15) is 0 Å². The van der Waals surface area contributed by atoms with Crippen molar-refractivity contribution in [3.8, 4) is 0 Å². The first-order valence-corrected chi connectivity index (χ1v) is 12.1. The molecule has 174 valence electrons. The van der Waals surface area contributed by atoms with E-state index < -0.39 is 18.1 Å². The molecule has 0 spiro atoms. The van der Waals surface area contributed by atoms with E-state index in [0.29, 0.717) is 24.8 Å². The number of hydrogen-bond acceptors (Lipinski definition) is 4. The lowest BCUT2D eigenvalue weighted by molar-refractivity contribution is -0.130. The van der Waals surface area contributed by atoms with Crippen LogP contribution >= 0.6 is 0 Å². The van der Waals surface area contributed by atoms with E-state index in [1.807, 2.05) is 35.3 Å². The van der Waals surface area contributed by atoms with Gasteiger partial charge in [-0.05, 0) is 63.5 Å². The Hall–Kier alpha value is -1.85. The molecule has 3 atom stereocenters. The molecule has 1 aromatic carbocycles. The van der Waals surface area contributed by atoms with Gasteiger partial charge in [-0.25, -0.2) is 0 Å². The van der Waals surface area contributed by atoms with Gasteiger partial charge in [-0.15, -0.1) is 0 Å². The number of para-hydroxylation sites is 1. The number of benzene rings is 1. The number of hydrogen-bond donors (Lipinski definition) is 3. The smallest absolute Gasteiger partial charge is 0.268 e. The number of carbonyl (C=O) groups is 1. The van der Waals surface area contributed by atoms with E-state index in [2.05, 4.69) is 32.3 Å². The maximum Gasteiger partial charge on any atom is 0.268 e. The minimum atomic E-state index is -1.19. The first-order valence-electron chi connectivity index (χ1n) is 12.1. The minimum absolute atomic E-state index is 0.413. The number of anilines is 1. The van der Waals surface area contributed by atoms with Crippen molar-refractivity contribution < 1.29 is 9.90 Å². The molecule has 0 aliphatic heterocycles. The summed E-state index contributed by atoms with van der Waals surface area (Å²) in [7, 11) is 0. The summed E-state index contributed by atoms with van der Waals surface area (Å²) in [5.41, 5.74) is 11.4. The number of hydrazine groups is 1. The molecule has 0 saturated heterocycles. The van der Waals surface area contributed by atoms with E-state index in [9.17, 15) is 9.90 Å². The summed E-state index contributed by atoms with van der Waals surface area (Å²) < 4.78 is 0. The fraction of sp³-hybridized carbons (Fsp3) is 0.654. The summed E-state index contributed by atoms with van der Waals surface area (Å²) in [5.74, 6) is 0.652. The molecule has 0 radical (unpaired) electrons. The third kappa shape index (κ3) is 9.44. The van der Waals surface area contributed by atoms with Gasteiger partial charge in [0.05, 0.1) is 5.69 Å². The van der Waals surface area contributed by atoms with Crippen molar-refractivity contribution in [2.75, 3.05) is 11.6 Å². The second kappa shape index (κ2) is 13.5. The van der Waals surface area contributed by atoms with Gasteiger partial charge in [0.1, 0.15) is 6.10 Å². The van der Waals surface area contributed by atoms with Gasteiger partial charge >= 0.3 is 0 Å². The molecule has 5 nitrogen and oxygen atoms in total. The zero-order valence-electron chi connectivity index (χ0n) is 19.7. The number of carbonyl (C=O) groups excluding carboxylic acids is 1. The van der Waals surface area contributed by atoms with Crippen LogP contribution in [0, 0.1) is 11.8 Å². The summed E-state index contributed by atoms with van der Waals surface area (Å²) in [4.78, 5) is 12.8. The van der Waals surface area contributed by atoms with E-state index in [-0.39, 0.29) is 0 Å². The number of nitrogens with zero attached hydrogens (tertiary/aromatic N) is 1. The van der Waals surface area contributed by atoms with Crippen molar-refractivity contribution in [2.45, 2.75) is 90.7 Å². The summed E-state index contributed by atoms with van der Waals surface area (Å²) in [6.45, 7) is 7.19. The van der Waals surface area contributed by atoms with Crippen LogP contribution in [0.3, 0.4) is 0 Å². The molecule has 0 bridgehead atoms. The summed E-state index contributed by atoms with van der Waals surface area (Å²) in [6.07, 6.45) is 11.0. The van der Waals surface area contributed by atoms with E-state index in [1.54, 1.807) is 0 Å². The number of allylic oxidation sites excluding steroid dienone is 2. The average Bonchev–Trinajstić information content (AvgIpc) is 2.76. The lowest BCUT2D eigenvalue weighted by Crippen LogP contribution is -2.53. The molecule has 1 aromatic rings. The van der Waals surface area contributed by atoms with Gasteiger partial charge in [-0.1, -0.05) is 68.9 Å². The van der Waals surface area contributed by atoms with Crippen LogP contribution in [0.15, 0.2) is 42.0 Å². The SMILES string of the molecule is CC(C)=CCCC(C)CCN(NC(=O)C(O)[C@H](N)CC1CCCCC1)c1ccccc1. The second-order valence-electron chi connectivity index (χ2n) is 9.56. The fourth-order valence-corrected chi connectivity index (χ4v) is 4.34. The molecule has 1 fully saturated rings. The monoisotopic (exact) mass is 429 g/mol. The molecule has 2 unspecified atom stereocenters. The molecule has 0 aromatic heterocycles. The van der Waals surface area contributed by atoms with Crippen LogP contribution in [0.4, 0.5) is 5.69 Å². The maximum absolute atomic E-state index is 12.8. The highest BCUT2D eigenvalue weighted by molar-refractivity contribution is 5.82. The fourth-order valence-electron chi connectivity index (χ4n) is 4.34. The Balaban J connectivity index is 1.91. The molecule has 0 heterocycles. The summed E-state index contributed by atoms with van der Waals surface area (Å²) >= 11 is 0. The molecular formula is C26H43N3O2. The molecule has 2 rings (SSSR count). The Morgan fingerprint density at radius 1 is 1.19 bits per heavy atom. The Kier molecular flexibility index (Phi) is 11.1. The van der Waals surface area contributed by atoms with Gasteiger partial charge in [0.25, 0.3) is 5.91 Å². The van der Waals surface area contributed by atoms with Gasteiger partial charge in [0, 0.05) is 12.6 Å². The number of aliphatic hydroxyl groups excluding tert-OH is 1. The van der Waals surface area contributed by atoms with Crippen molar-refractivity contribution >= 4 is 11.6 Å². The first-order chi connectivity index (χ1) is 14.9. The lowest BCUT2D eigenvalue weighted by atomic mass is 9.84. The van der Waals surface area contributed by atoms with Crippen molar-refractivity contribution in [1.82, 2.24) is 5.43 Å². The van der Waals surface area contributed by atoms with Crippen molar-refractivity contribution in [3.05, 3.63) is 42.0 Å². The van der Waals surface area contributed by atoms with Crippen molar-refractivity contribution in [2.24, 2.45) is 17.6 Å². The van der Waals surface area contributed by atoms with Crippen LogP contribution in [0.25, 0.3) is 0 Å². The first kappa shape index (κ1) is 25.4. The standard InChI is InChI=1S/C26H43N3O2/c1-20(2)11-10-12-21(3)17-18-29(23-15-8-5-9-16-23)28-26(31)25(30)24(27)19-22-13-6-4-7-14-22/h5,8-9,11,15-16,21-22,24-25,30H,4,6-7,10,12-14,17-19,27H2,1-3H3,(H,28,31)/t21?,24-,25?/m1/s1. The van der Waals surface area contributed by atoms with E-state index in [1.165, 1.54) is 24.8 Å². The highest BCUT2D eigenvalue weighted by atomic mass is 16.3. The Bertz CT molecular complexity index is 666. The predicted molar refractivity (Wildman–Crippen MR) is 130 cm³/mol. The number of aliphatic hydroxyl groups is 1. The molecule has 5 heteroatoms. The zero-order chi connectivity index (χ0) is 22.6. The Morgan fingerprint density at radius 2 is 1.87 bits per heavy atom. The number of rotatable bonds is 12. The number of nitrogens with one attached hydrogen (secondary N) is 1. The predicted octanol–water partition coefficient (Wildman–Crippen LogP) is 4.96. The van der Waals surface area contributed by atoms with Crippen molar-refractivity contribution in [3.63, 3.8) is 0 Å². The van der Waals surface area contributed by atoms with Crippen LogP contribution in [-0.2, 0) is 4.79 Å². The molecule has 1 amide bonds. The average molecular weight is 430 g/mol. The second-order valence-corrected chi connectivity index (χ2v) is 9.56. The van der Waals surface area contributed by atoms with Gasteiger partial charge in [-0.3, -0.25) is 15.2 Å². The van der Waals surface area contributed by atoms with Crippen molar-refractivity contribution in [1.29, 1.82) is 0 Å². The quantitative estimate of drug-likeness (QED) is 0.324. The van der Waals surface area contributed by atoms with E-state index in [0.717, 1.165) is 37.8 Å². The molecule has 31 heavy (non-hydrogen) atoms. The van der Waals surface area contributed by atoms with Crippen LogP contribution in [0.1, 0.15) is 78.6 Å². The molecular weight excluding hydrogens is 386 g/mol. The Labute approximate surface area is 189 Å². The van der Waals surface area contributed by atoms with Gasteiger partial charge in [0.2, 0.25) is 0 Å². The van der Waals surface area contributed by atoms with Crippen LogP contribution in [-0.4, -0.2) is 29.7 Å². The molecule has 1 saturated carbocycles. The Morgan fingerprint density at radius 3 is 2.52 bits per heavy atom. The topological polar surface area (TPSA) is 78.6 Å². The number of amides is 1. The zero-order valence-corrected chi connectivity index (χ0v) is 19.7. The highest BCUT2D eigenvalue weighted by Crippen LogP contribution is 2.27. The van der Waals surface area contributed by atoms with E-state index >= 15 is 0 Å². The third-order valence-electron chi connectivity index (χ3n) is 6.38. The summed E-state index contributed by atoms with van der Waals surface area (Å²) in [6, 6.07) is 9.30. The third-order valence-corrected chi connectivity index (χ3v) is 6.38. The van der Waals surface area contributed by atoms with Gasteiger partial charge < -0.3 is 10.8 Å². The van der Waals surface area contributed by atoms with E-state index in [4.69, 9.17) is 5.73 Å². The summed E-state index contributed by atoms with van der Waals surface area (Å²) in [5, 5.41) is 12.4. The van der Waals surface area contributed by atoms with Crippen LogP contribution in [0.2, 0.25) is 0 Å². The van der Waals surface area contributed by atoms with Crippen LogP contribution in [0.5, 0.6) is 0 Å². The largest absolute Gasteiger partial charge is 0.382 e. The van der Waals surface area contributed by atoms with Crippen LogP contribution < -0.4 is 16.2 Å². The normalized spacial score (nSPS) is 17.5. The number of nitrogens with two attached hydrogens (primary N) is 1. The maximum atomic E-state index is 12.8. The molecule has 4 N–H and O–H groups in total. The minimum Gasteiger partial charge on any atom is -0.382 e. The lowest BCUT2D eigenvalue weighted by Gasteiger charge is -2.30. The molecule has 1 aliphatic rings. The van der Waals surface area contributed by atoms with Gasteiger partial charge in [0.15, 0.2) is 0 Å². The molecule has 1 aliphatic carbocycles.